The molecule has 0 unspecified atom stereocenters. The summed E-state index contributed by atoms with van der Waals surface area (Å²) in [6.45, 7) is 6.88. The van der Waals surface area contributed by atoms with Gasteiger partial charge in [0.15, 0.2) is 0 Å². The lowest BCUT2D eigenvalue weighted by Gasteiger charge is -2.38. The van der Waals surface area contributed by atoms with Crippen molar-refractivity contribution in [2.45, 2.75) is 26.3 Å². The molecule has 3 heterocycles. The Morgan fingerprint density at radius 2 is 1.73 bits per heavy atom. The molecular weight excluding hydrogens is 352 g/mol. The first-order valence-corrected chi connectivity index (χ1v) is 9.38. The molecule has 0 saturated carbocycles. The molecule has 7 nitrogen and oxygen atoms in total. The van der Waals surface area contributed by atoms with E-state index in [4.69, 9.17) is 0 Å². The number of rotatable bonds is 3. The standard InChI is InChI=1S/C18H22N4O3S/c1-13(23)20-8-10-21(11-9-20)17(25)18(2,3)22-16(24)7-6-14(19-22)15-5-4-12-26-15/h4-7,12H,8-11H2,1-3H3. The summed E-state index contributed by atoms with van der Waals surface area (Å²) in [5.74, 6) is -0.156. The molecule has 0 bridgehead atoms. The zero-order valence-electron chi connectivity index (χ0n) is 15.1. The second-order valence-electron chi connectivity index (χ2n) is 6.80. The number of thiophene rings is 1. The summed E-state index contributed by atoms with van der Waals surface area (Å²) >= 11 is 1.53. The third kappa shape index (κ3) is 3.41. The van der Waals surface area contributed by atoms with Crippen LogP contribution >= 0.6 is 11.3 Å². The van der Waals surface area contributed by atoms with Crippen molar-refractivity contribution in [1.29, 1.82) is 0 Å². The number of amides is 2. The van der Waals surface area contributed by atoms with E-state index in [1.807, 2.05) is 17.5 Å². The predicted octanol–water partition coefficient (Wildman–Crippen LogP) is 1.40. The Bertz CT molecular complexity index is 865. The molecule has 1 fully saturated rings. The summed E-state index contributed by atoms with van der Waals surface area (Å²) in [5.41, 5.74) is -0.754. The van der Waals surface area contributed by atoms with Crippen LogP contribution in [0.4, 0.5) is 0 Å². The molecule has 3 rings (SSSR count). The van der Waals surface area contributed by atoms with Crippen LogP contribution in [0.2, 0.25) is 0 Å². The fourth-order valence-electron chi connectivity index (χ4n) is 3.07. The molecule has 0 aromatic carbocycles. The molecule has 138 valence electrons. The Hall–Kier alpha value is -2.48. The van der Waals surface area contributed by atoms with Crippen LogP contribution in [0.15, 0.2) is 34.4 Å². The van der Waals surface area contributed by atoms with Crippen molar-refractivity contribution in [3.05, 3.63) is 40.0 Å². The van der Waals surface area contributed by atoms with Gasteiger partial charge in [-0.15, -0.1) is 11.3 Å². The van der Waals surface area contributed by atoms with Gasteiger partial charge in [0.1, 0.15) is 11.2 Å². The Balaban J connectivity index is 1.86. The van der Waals surface area contributed by atoms with E-state index < -0.39 is 5.54 Å². The molecule has 0 radical (unpaired) electrons. The third-order valence-electron chi connectivity index (χ3n) is 4.64. The summed E-state index contributed by atoms with van der Waals surface area (Å²) in [6.07, 6.45) is 0. The Morgan fingerprint density at radius 3 is 2.31 bits per heavy atom. The van der Waals surface area contributed by atoms with Crippen molar-refractivity contribution in [2.24, 2.45) is 0 Å². The zero-order valence-corrected chi connectivity index (χ0v) is 16.0. The van der Waals surface area contributed by atoms with E-state index in [9.17, 15) is 14.4 Å². The highest BCUT2D eigenvalue weighted by atomic mass is 32.1. The summed E-state index contributed by atoms with van der Waals surface area (Å²) in [6, 6.07) is 6.97. The SMILES string of the molecule is CC(=O)N1CCN(C(=O)C(C)(C)n2nc(-c3cccs3)ccc2=O)CC1. The average Bonchev–Trinajstić information content (AvgIpc) is 3.16. The van der Waals surface area contributed by atoms with Crippen LogP contribution in [0.25, 0.3) is 10.6 Å². The molecule has 8 heteroatoms. The number of aromatic nitrogens is 2. The first kappa shape index (κ1) is 18.3. The van der Waals surface area contributed by atoms with Gasteiger partial charge in [-0.25, -0.2) is 4.68 Å². The van der Waals surface area contributed by atoms with E-state index in [0.29, 0.717) is 31.9 Å². The minimum atomic E-state index is -1.11. The normalized spacial score (nSPS) is 15.2. The maximum atomic E-state index is 13.1. The fourth-order valence-corrected chi connectivity index (χ4v) is 3.76. The second kappa shape index (κ2) is 7.03. The van der Waals surface area contributed by atoms with Gasteiger partial charge in [0.25, 0.3) is 5.56 Å². The van der Waals surface area contributed by atoms with Crippen molar-refractivity contribution in [3.8, 4) is 10.6 Å². The summed E-state index contributed by atoms with van der Waals surface area (Å²) in [4.78, 5) is 41.3. The third-order valence-corrected chi connectivity index (χ3v) is 5.53. The van der Waals surface area contributed by atoms with E-state index >= 15 is 0 Å². The topological polar surface area (TPSA) is 75.5 Å². The summed E-state index contributed by atoms with van der Waals surface area (Å²) in [7, 11) is 0. The Kier molecular flexibility index (Phi) is 4.95. The van der Waals surface area contributed by atoms with Crippen LogP contribution in [0.1, 0.15) is 20.8 Å². The fraction of sp³-hybridized carbons (Fsp3) is 0.444. The van der Waals surface area contributed by atoms with Crippen LogP contribution in [-0.4, -0.2) is 57.6 Å². The molecule has 1 aliphatic heterocycles. The lowest BCUT2D eigenvalue weighted by Crippen LogP contribution is -2.57. The van der Waals surface area contributed by atoms with Gasteiger partial charge in [-0.1, -0.05) is 6.07 Å². The minimum Gasteiger partial charge on any atom is -0.339 e. The van der Waals surface area contributed by atoms with Gasteiger partial charge < -0.3 is 9.80 Å². The van der Waals surface area contributed by atoms with Crippen LogP contribution in [-0.2, 0) is 15.1 Å². The molecular formula is C18H22N4O3S. The van der Waals surface area contributed by atoms with E-state index in [-0.39, 0.29) is 17.4 Å². The summed E-state index contributed by atoms with van der Waals surface area (Å²) < 4.78 is 1.27. The van der Waals surface area contributed by atoms with Gasteiger partial charge in [0, 0.05) is 39.2 Å². The van der Waals surface area contributed by atoms with E-state index in [1.54, 1.807) is 29.7 Å². The number of hydrogen-bond acceptors (Lipinski definition) is 5. The van der Waals surface area contributed by atoms with Crippen LogP contribution in [0, 0.1) is 0 Å². The first-order chi connectivity index (χ1) is 12.3. The highest BCUT2D eigenvalue weighted by Crippen LogP contribution is 2.23. The maximum Gasteiger partial charge on any atom is 0.267 e. The lowest BCUT2D eigenvalue weighted by atomic mass is 10.0. The maximum absolute atomic E-state index is 13.1. The van der Waals surface area contributed by atoms with E-state index in [0.717, 1.165) is 4.88 Å². The van der Waals surface area contributed by atoms with Crippen molar-refractivity contribution >= 4 is 23.2 Å². The molecule has 0 aliphatic carbocycles. The molecule has 26 heavy (non-hydrogen) atoms. The van der Waals surface area contributed by atoms with Crippen LogP contribution in [0.5, 0.6) is 0 Å². The molecule has 1 saturated heterocycles. The molecule has 0 spiro atoms. The highest BCUT2D eigenvalue weighted by Gasteiger charge is 2.37. The number of hydrogen-bond donors (Lipinski definition) is 0. The number of piperazine rings is 1. The quantitative estimate of drug-likeness (QED) is 0.814. The lowest BCUT2D eigenvalue weighted by molar-refractivity contribution is -0.144. The van der Waals surface area contributed by atoms with Crippen LogP contribution in [0.3, 0.4) is 0 Å². The largest absolute Gasteiger partial charge is 0.339 e. The molecule has 2 aromatic rings. The van der Waals surface area contributed by atoms with Gasteiger partial charge in [-0.05, 0) is 31.4 Å². The van der Waals surface area contributed by atoms with Gasteiger partial charge in [-0.2, -0.15) is 5.10 Å². The highest BCUT2D eigenvalue weighted by molar-refractivity contribution is 7.13. The Morgan fingerprint density at radius 1 is 1.08 bits per heavy atom. The molecule has 1 aliphatic rings. The molecule has 0 atom stereocenters. The molecule has 2 amide bonds. The van der Waals surface area contributed by atoms with Gasteiger partial charge >= 0.3 is 0 Å². The predicted molar refractivity (Wildman–Crippen MR) is 100.0 cm³/mol. The number of carbonyl (C=O) groups excluding carboxylic acids is 2. The van der Waals surface area contributed by atoms with E-state index in [2.05, 4.69) is 5.10 Å². The average molecular weight is 374 g/mol. The zero-order chi connectivity index (χ0) is 18.9. The molecule has 2 aromatic heterocycles. The van der Waals surface area contributed by atoms with Crippen molar-refractivity contribution < 1.29 is 9.59 Å². The second-order valence-corrected chi connectivity index (χ2v) is 7.75. The first-order valence-electron chi connectivity index (χ1n) is 8.50. The van der Waals surface area contributed by atoms with Crippen molar-refractivity contribution in [3.63, 3.8) is 0 Å². The van der Waals surface area contributed by atoms with Crippen LogP contribution < -0.4 is 5.56 Å². The number of nitrogens with zero attached hydrogens (tertiary/aromatic N) is 4. The van der Waals surface area contributed by atoms with E-state index in [1.165, 1.54) is 29.0 Å². The van der Waals surface area contributed by atoms with Gasteiger partial charge in [0.2, 0.25) is 11.8 Å². The van der Waals surface area contributed by atoms with Gasteiger partial charge in [-0.3, -0.25) is 14.4 Å². The van der Waals surface area contributed by atoms with Gasteiger partial charge in [0.05, 0.1) is 4.88 Å². The number of carbonyl (C=O) groups is 2. The smallest absolute Gasteiger partial charge is 0.267 e. The minimum absolute atomic E-state index is 0.0119. The monoisotopic (exact) mass is 374 g/mol. The summed E-state index contributed by atoms with van der Waals surface area (Å²) in [5, 5.41) is 6.39. The molecule has 0 N–H and O–H groups in total. The Labute approximate surface area is 155 Å². The van der Waals surface area contributed by atoms with Crippen molar-refractivity contribution in [2.75, 3.05) is 26.2 Å². The van der Waals surface area contributed by atoms with Crippen molar-refractivity contribution in [1.82, 2.24) is 19.6 Å².